The van der Waals surface area contributed by atoms with Crippen LogP contribution in [0.5, 0.6) is 0 Å². The highest BCUT2D eigenvalue weighted by Gasteiger charge is 2.26. The van der Waals surface area contributed by atoms with Gasteiger partial charge in [0.25, 0.3) is 0 Å². The van der Waals surface area contributed by atoms with E-state index in [1.54, 1.807) is 0 Å². The van der Waals surface area contributed by atoms with Gasteiger partial charge in [-0.1, -0.05) is 34.6 Å². The molecule has 2 unspecified atom stereocenters. The van der Waals surface area contributed by atoms with Gasteiger partial charge < -0.3 is 10.2 Å². The van der Waals surface area contributed by atoms with Gasteiger partial charge in [0.05, 0.1) is 0 Å². The Morgan fingerprint density at radius 1 is 1.22 bits per heavy atom. The Balaban J connectivity index is 2.48. The third-order valence-corrected chi connectivity index (χ3v) is 4.24. The number of hydrogen-bond donors (Lipinski definition) is 1. The summed E-state index contributed by atoms with van der Waals surface area (Å²) < 4.78 is 0. The van der Waals surface area contributed by atoms with E-state index in [2.05, 4.69) is 44.8 Å². The van der Waals surface area contributed by atoms with E-state index in [0.717, 1.165) is 12.5 Å². The SMILES string of the molecule is CCCNC(CN1CCCC(C)CC1)C(C)(C)C. The van der Waals surface area contributed by atoms with E-state index in [1.165, 1.54) is 45.3 Å². The molecule has 18 heavy (non-hydrogen) atoms. The molecule has 0 spiro atoms. The smallest absolute Gasteiger partial charge is 0.0243 e. The van der Waals surface area contributed by atoms with Gasteiger partial charge in [0, 0.05) is 12.6 Å². The minimum absolute atomic E-state index is 0.354. The van der Waals surface area contributed by atoms with Crippen LogP contribution in [0.3, 0.4) is 0 Å². The first-order chi connectivity index (χ1) is 8.43. The van der Waals surface area contributed by atoms with Crippen LogP contribution >= 0.6 is 0 Å². The molecule has 1 saturated heterocycles. The molecule has 2 atom stereocenters. The predicted molar refractivity (Wildman–Crippen MR) is 81.0 cm³/mol. The third-order valence-electron chi connectivity index (χ3n) is 4.24. The lowest BCUT2D eigenvalue weighted by Crippen LogP contribution is -2.49. The van der Waals surface area contributed by atoms with Crippen LogP contribution in [0, 0.1) is 11.3 Å². The minimum Gasteiger partial charge on any atom is -0.312 e. The van der Waals surface area contributed by atoms with Crippen LogP contribution in [0.25, 0.3) is 0 Å². The Hall–Kier alpha value is -0.0800. The second-order valence-corrected chi connectivity index (χ2v) is 7.21. The summed E-state index contributed by atoms with van der Waals surface area (Å²) in [5.41, 5.74) is 0.354. The molecule has 1 aliphatic heterocycles. The lowest BCUT2D eigenvalue weighted by molar-refractivity contribution is 0.175. The van der Waals surface area contributed by atoms with Gasteiger partial charge in [-0.3, -0.25) is 0 Å². The highest BCUT2D eigenvalue weighted by Crippen LogP contribution is 2.22. The van der Waals surface area contributed by atoms with Crippen molar-refractivity contribution in [1.29, 1.82) is 0 Å². The Morgan fingerprint density at radius 3 is 2.56 bits per heavy atom. The molecule has 0 bridgehead atoms. The maximum atomic E-state index is 3.75. The maximum absolute atomic E-state index is 3.75. The molecule has 1 fully saturated rings. The van der Waals surface area contributed by atoms with Crippen LogP contribution in [0.15, 0.2) is 0 Å². The molecule has 1 heterocycles. The molecular formula is C16H34N2. The summed E-state index contributed by atoms with van der Waals surface area (Å²) in [6.07, 6.45) is 5.40. The van der Waals surface area contributed by atoms with Gasteiger partial charge in [0.15, 0.2) is 0 Å². The zero-order valence-corrected chi connectivity index (χ0v) is 13.3. The summed E-state index contributed by atoms with van der Waals surface area (Å²) in [6, 6.07) is 0.617. The van der Waals surface area contributed by atoms with Crippen molar-refractivity contribution in [3.05, 3.63) is 0 Å². The Kier molecular flexibility index (Phi) is 6.65. The monoisotopic (exact) mass is 254 g/mol. The van der Waals surface area contributed by atoms with Crippen LogP contribution in [-0.2, 0) is 0 Å². The standard InChI is InChI=1S/C16H34N2/c1-6-10-17-15(16(3,4)5)13-18-11-7-8-14(2)9-12-18/h14-15,17H,6-13H2,1-5H3. The van der Waals surface area contributed by atoms with Crippen LogP contribution in [0.2, 0.25) is 0 Å². The zero-order valence-electron chi connectivity index (χ0n) is 13.3. The van der Waals surface area contributed by atoms with Crippen LogP contribution in [0.1, 0.15) is 60.3 Å². The summed E-state index contributed by atoms with van der Waals surface area (Å²) >= 11 is 0. The van der Waals surface area contributed by atoms with Gasteiger partial charge in [-0.05, 0) is 56.7 Å². The van der Waals surface area contributed by atoms with Crippen molar-refractivity contribution in [3.8, 4) is 0 Å². The molecule has 1 N–H and O–H groups in total. The topological polar surface area (TPSA) is 15.3 Å². The lowest BCUT2D eigenvalue weighted by Gasteiger charge is -2.36. The number of rotatable bonds is 5. The highest BCUT2D eigenvalue weighted by molar-refractivity contribution is 4.84. The first-order valence-corrected chi connectivity index (χ1v) is 7.89. The van der Waals surface area contributed by atoms with Gasteiger partial charge in [0.1, 0.15) is 0 Å². The fraction of sp³-hybridized carbons (Fsp3) is 1.00. The molecule has 1 rings (SSSR count). The summed E-state index contributed by atoms with van der Waals surface area (Å²) in [5, 5.41) is 3.75. The van der Waals surface area contributed by atoms with E-state index in [1.807, 2.05) is 0 Å². The summed E-state index contributed by atoms with van der Waals surface area (Å²) in [4.78, 5) is 2.68. The molecule has 1 aliphatic rings. The van der Waals surface area contributed by atoms with Crippen molar-refractivity contribution < 1.29 is 0 Å². The summed E-state index contributed by atoms with van der Waals surface area (Å²) in [6.45, 7) is 16.7. The first kappa shape index (κ1) is 16.0. The van der Waals surface area contributed by atoms with Crippen molar-refractivity contribution in [3.63, 3.8) is 0 Å². The highest BCUT2D eigenvalue weighted by atomic mass is 15.2. The van der Waals surface area contributed by atoms with Crippen molar-refractivity contribution >= 4 is 0 Å². The molecule has 0 aliphatic carbocycles. The average molecular weight is 254 g/mol. The van der Waals surface area contributed by atoms with E-state index < -0.39 is 0 Å². The Bertz CT molecular complexity index is 220. The minimum atomic E-state index is 0.354. The van der Waals surface area contributed by atoms with Gasteiger partial charge in [-0.2, -0.15) is 0 Å². The van der Waals surface area contributed by atoms with Crippen molar-refractivity contribution in [2.75, 3.05) is 26.2 Å². The quantitative estimate of drug-likeness (QED) is 0.807. The summed E-state index contributed by atoms with van der Waals surface area (Å²) in [5.74, 6) is 0.923. The number of hydrogen-bond acceptors (Lipinski definition) is 2. The summed E-state index contributed by atoms with van der Waals surface area (Å²) in [7, 11) is 0. The average Bonchev–Trinajstić information content (AvgIpc) is 2.48. The molecule has 2 nitrogen and oxygen atoms in total. The molecule has 0 aromatic carbocycles. The van der Waals surface area contributed by atoms with Crippen LogP contribution < -0.4 is 5.32 Å². The number of nitrogens with zero attached hydrogens (tertiary/aromatic N) is 1. The molecule has 108 valence electrons. The molecule has 0 amide bonds. The maximum Gasteiger partial charge on any atom is 0.0243 e. The molecule has 2 heteroatoms. The predicted octanol–water partition coefficient (Wildman–Crippen LogP) is 3.52. The number of likely N-dealkylation sites (tertiary alicyclic amines) is 1. The van der Waals surface area contributed by atoms with Crippen LogP contribution in [0.4, 0.5) is 0 Å². The second kappa shape index (κ2) is 7.49. The van der Waals surface area contributed by atoms with Gasteiger partial charge in [-0.25, -0.2) is 0 Å². The van der Waals surface area contributed by atoms with E-state index in [4.69, 9.17) is 0 Å². The number of nitrogens with one attached hydrogen (secondary N) is 1. The van der Waals surface area contributed by atoms with E-state index in [0.29, 0.717) is 11.5 Å². The Labute approximate surface area is 115 Å². The van der Waals surface area contributed by atoms with Crippen LogP contribution in [-0.4, -0.2) is 37.1 Å². The van der Waals surface area contributed by atoms with Gasteiger partial charge >= 0.3 is 0 Å². The van der Waals surface area contributed by atoms with Crippen molar-refractivity contribution in [2.45, 2.75) is 66.3 Å². The normalized spacial score (nSPS) is 24.8. The van der Waals surface area contributed by atoms with E-state index in [9.17, 15) is 0 Å². The van der Waals surface area contributed by atoms with E-state index >= 15 is 0 Å². The van der Waals surface area contributed by atoms with Gasteiger partial charge in [-0.15, -0.1) is 0 Å². The van der Waals surface area contributed by atoms with Crippen molar-refractivity contribution in [1.82, 2.24) is 10.2 Å². The van der Waals surface area contributed by atoms with Crippen molar-refractivity contribution in [2.24, 2.45) is 11.3 Å². The fourth-order valence-electron chi connectivity index (χ4n) is 2.73. The molecule has 0 radical (unpaired) electrons. The fourth-order valence-corrected chi connectivity index (χ4v) is 2.73. The first-order valence-electron chi connectivity index (χ1n) is 7.89. The zero-order chi connectivity index (χ0) is 13.6. The third kappa shape index (κ3) is 5.71. The molecule has 0 aromatic heterocycles. The molecule has 0 saturated carbocycles. The van der Waals surface area contributed by atoms with E-state index in [-0.39, 0.29) is 0 Å². The lowest BCUT2D eigenvalue weighted by atomic mass is 9.86. The molecular weight excluding hydrogens is 220 g/mol. The second-order valence-electron chi connectivity index (χ2n) is 7.21. The largest absolute Gasteiger partial charge is 0.312 e. The Morgan fingerprint density at radius 2 is 1.94 bits per heavy atom. The molecule has 0 aromatic rings. The van der Waals surface area contributed by atoms with Gasteiger partial charge in [0.2, 0.25) is 0 Å².